The molecule has 0 saturated heterocycles. The van der Waals surface area contributed by atoms with Crippen LogP contribution in [0.2, 0.25) is 5.02 Å². The van der Waals surface area contributed by atoms with Gasteiger partial charge in [-0.25, -0.2) is 0 Å². The van der Waals surface area contributed by atoms with Crippen molar-refractivity contribution in [2.45, 2.75) is 38.6 Å². The summed E-state index contributed by atoms with van der Waals surface area (Å²) >= 11 is 6.20. The molecule has 19 heavy (non-hydrogen) atoms. The van der Waals surface area contributed by atoms with E-state index in [2.05, 4.69) is 23.3 Å². The zero-order chi connectivity index (χ0) is 13.2. The van der Waals surface area contributed by atoms with Crippen LogP contribution >= 0.6 is 11.6 Å². The second-order valence-corrected chi connectivity index (χ2v) is 5.89. The minimum absolute atomic E-state index is 0.564. The molecule has 0 spiro atoms. The predicted molar refractivity (Wildman–Crippen MR) is 81.8 cm³/mol. The maximum atomic E-state index is 6.20. The van der Waals surface area contributed by atoms with Gasteiger partial charge in [0.15, 0.2) is 0 Å². The van der Waals surface area contributed by atoms with Crippen molar-refractivity contribution in [3.63, 3.8) is 0 Å². The van der Waals surface area contributed by atoms with Gasteiger partial charge in [0, 0.05) is 22.6 Å². The van der Waals surface area contributed by atoms with Gasteiger partial charge in [0.2, 0.25) is 0 Å². The van der Waals surface area contributed by atoms with Crippen molar-refractivity contribution in [1.29, 1.82) is 0 Å². The number of nitrogens with one attached hydrogen (secondary N) is 1. The minimum atomic E-state index is 0.564. The highest BCUT2D eigenvalue weighted by atomic mass is 35.5. The Bertz CT molecular complexity index is 582. The molecule has 2 unspecified atom stereocenters. The maximum absolute atomic E-state index is 6.20. The van der Waals surface area contributed by atoms with Crippen LogP contribution in [0.3, 0.4) is 0 Å². The lowest BCUT2D eigenvalue weighted by molar-refractivity contribution is 0.525. The first kappa shape index (κ1) is 12.7. The molecule has 100 valence electrons. The lowest BCUT2D eigenvalue weighted by Gasteiger charge is -2.16. The van der Waals surface area contributed by atoms with E-state index in [0.717, 1.165) is 27.5 Å². The molecule has 1 aliphatic carbocycles. The van der Waals surface area contributed by atoms with Gasteiger partial charge in [0.25, 0.3) is 0 Å². The quantitative estimate of drug-likeness (QED) is 0.863. The van der Waals surface area contributed by atoms with E-state index in [-0.39, 0.29) is 0 Å². The Labute approximate surface area is 119 Å². The number of nitrogens with zero attached hydrogens (tertiary/aromatic N) is 1. The average molecular weight is 275 g/mol. The number of fused-ring (bicyclic) bond motifs is 1. The maximum Gasteiger partial charge on any atom is 0.0934 e. The fourth-order valence-electron chi connectivity index (χ4n) is 3.06. The number of hydrogen-bond donors (Lipinski definition) is 1. The Hall–Kier alpha value is -1.28. The summed E-state index contributed by atoms with van der Waals surface area (Å²) in [6, 6.07) is 8.54. The van der Waals surface area contributed by atoms with Gasteiger partial charge >= 0.3 is 0 Å². The first-order valence-corrected chi connectivity index (χ1v) is 7.45. The molecule has 1 aliphatic rings. The number of aromatic nitrogens is 1. The monoisotopic (exact) mass is 274 g/mol. The highest BCUT2D eigenvalue weighted by Crippen LogP contribution is 2.33. The van der Waals surface area contributed by atoms with Gasteiger partial charge in [-0.3, -0.25) is 4.98 Å². The van der Waals surface area contributed by atoms with Crippen molar-refractivity contribution in [3.8, 4) is 0 Å². The highest BCUT2D eigenvalue weighted by Gasteiger charge is 2.23. The van der Waals surface area contributed by atoms with Crippen molar-refractivity contribution >= 4 is 28.2 Å². The summed E-state index contributed by atoms with van der Waals surface area (Å²) in [4.78, 5) is 4.48. The number of benzene rings is 1. The van der Waals surface area contributed by atoms with Crippen LogP contribution < -0.4 is 5.32 Å². The van der Waals surface area contributed by atoms with E-state index in [9.17, 15) is 0 Å². The molecule has 1 heterocycles. The Morgan fingerprint density at radius 2 is 2.26 bits per heavy atom. The van der Waals surface area contributed by atoms with Gasteiger partial charge in [-0.05, 0) is 43.4 Å². The van der Waals surface area contributed by atoms with E-state index < -0.39 is 0 Å². The number of hydrogen-bond acceptors (Lipinski definition) is 2. The Kier molecular flexibility index (Phi) is 3.61. The van der Waals surface area contributed by atoms with Gasteiger partial charge in [-0.2, -0.15) is 0 Å². The van der Waals surface area contributed by atoms with Crippen LogP contribution in [0.1, 0.15) is 32.6 Å². The fourth-order valence-corrected chi connectivity index (χ4v) is 3.29. The first-order chi connectivity index (χ1) is 9.26. The van der Waals surface area contributed by atoms with E-state index in [1.54, 1.807) is 0 Å². The van der Waals surface area contributed by atoms with E-state index in [4.69, 9.17) is 11.6 Å². The van der Waals surface area contributed by atoms with Gasteiger partial charge in [-0.1, -0.05) is 31.0 Å². The Balaban J connectivity index is 1.88. The predicted octanol–water partition coefficient (Wildman–Crippen LogP) is 4.88. The molecule has 1 aromatic carbocycles. The summed E-state index contributed by atoms with van der Waals surface area (Å²) in [5.74, 6) is 0.871. The molecule has 1 aromatic heterocycles. The molecule has 0 aliphatic heterocycles. The van der Waals surface area contributed by atoms with Gasteiger partial charge in [-0.15, -0.1) is 0 Å². The molecular weight excluding hydrogens is 256 g/mol. The molecule has 1 N–H and O–H groups in total. The third-order valence-electron chi connectivity index (χ3n) is 4.15. The number of halogens is 1. The smallest absolute Gasteiger partial charge is 0.0934 e. The van der Waals surface area contributed by atoms with Crippen LogP contribution in [0.15, 0.2) is 30.5 Å². The second kappa shape index (κ2) is 5.38. The molecule has 2 nitrogen and oxygen atoms in total. The summed E-state index contributed by atoms with van der Waals surface area (Å²) in [6.45, 7) is 2.28. The Morgan fingerprint density at radius 3 is 3.05 bits per heavy atom. The van der Waals surface area contributed by atoms with Gasteiger partial charge in [0.1, 0.15) is 0 Å². The number of rotatable bonds is 3. The van der Waals surface area contributed by atoms with E-state index in [1.807, 2.05) is 24.4 Å². The number of pyridine rings is 1. The van der Waals surface area contributed by atoms with E-state index in [0.29, 0.717) is 6.04 Å². The summed E-state index contributed by atoms with van der Waals surface area (Å²) < 4.78 is 0. The van der Waals surface area contributed by atoms with Crippen molar-refractivity contribution in [3.05, 3.63) is 35.5 Å². The molecule has 0 bridgehead atoms. The molecule has 3 rings (SSSR count). The van der Waals surface area contributed by atoms with Crippen molar-refractivity contribution in [2.75, 3.05) is 5.32 Å². The third-order valence-corrected chi connectivity index (χ3v) is 4.37. The SMILES string of the molecule is CCC1CCC(Nc2cc(Cl)cc3cccnc23)C1. The topological polar surface area (TPSA) is 24.9 Å². The van der Waals surface area contributed by atoms with Crippen LogP contribution in [0.4, 0.5) is 5.69 Å². The average Bonchev–Trinajstić information content (AvgIpc) is 2.86. The van der Waals surface area contributed by atoms with Crippen LogP contribution in [0.5, 0.6) is 0 Å². The molecule has 2 aromatic rings. The lowest BCUT2D eigenvalue weighted by Crippen LogP contribution is -2.15. The summed E-state index contributed by atoms with van der Waals surface area (Å²) in [5.41, 5.74) is 2.09. The summed E-state index contributed by atoms with van der Waals surface area (Å²) in [7, 11) is 0. The van der Waals surface area contributed by atoms with Crippen LogP contribution in [0.25, 0.3) is 10.9 Å². The molecular formula is C16H19ClN2. The van der Waals surface area contributed by atoms with Crippen molar-refractivity contribution < 1.29 is 0 Å². The largest absolute Gasteiger partial charge is 0.380 e. The minimum Gasteiger partial charge on any atom is -0.380 e. The third kappa shape index (κ3) is 2.69. The van der Waals surface area contributed by atoms with E-state index >= 15 is 0 Å². The van der Waals surface area contributed by atoms with Crippen molar-refractivity contribution in [2.24, 2.45) is 5.92 Å². The van der Waals surface area contributed by atoms with Crippen LogP contribution in [0, 0.1) is 5.92 Å². The zero-order valence-electron chi connectivity index (χ0n) is 11.2. The molecule has 1 fully saturated rings. The summed E-state index contributed by atoms with van der Waals surface area (Å²) in [6.07, 6.45) is 6.97. The fraction of sp³-hybridized carbons (Fsp3) is 0.438. The molecule has 0 radical (unpaired) electrons. The van der Waals surface area contributed by atoms with E-state index in [1.165, 1.54) is 25.7 Å². The first-order valence-electron chi connectivity index (χ1n) is 7.07. The highest BCUT2D eigenvalue weighted by molar-refractivity contribution is 6.31. The lowest BCUT2D eigenvalue weighted by atomic mass is 10.1. The summed E-state index contributed by atoms with van der Waals surface area (Å²) in [5, 5.41) is 5.51. The molecule has 0 amide bonds. The van der Waals surface area contributed by atoms with Crippen LogP contribution in [-0.2, 0) is 0 Å². The zero-order valence-corrected chi connectivity index (χ0v) is 12.0. The molecule has 3 heteroatoms. The standard InChI is InChI=1S/C16H19ClN2/c1-2-11-5-6-14(8-11)19-15-10-13(17)9-12-4-3-7-18-16(12)15/h3-4,7,9-11,14,19H,2,5-6,8H2,1H3. The van der Waals surface area contributed by atoms with Crippen LogP contribution in [-0.4, -0.2) is 11.0 Å². The molecule has 2 atom stereocenters. The number of anilines is 1. The van der Waals surface area contributed by atoms with Gasteiger partial charge < -0.3 is 5.32 Å². The van der Waals surface area contributed by atoms with Crippen molar-refractivity contribution in [1.82, 2.24) is 4.98 Å². The second-order valence-electron chi connectivity index (χ2n) is 5.46. The normalized spacial score (nSPS) is 22.8. The molecule has 1 saturated carbocycles. The van der Waals surface area contributed by atoms with Gasteiger partial charge in [0.05, 0.1) is 11.2 Å². The Morgan fingerprint density at radius 1 is 1.37 bits per heavy atom.